The molecule has 0 heterocycles. The van der Waals surface area contributed by atoms with Crippen molar-refractivity contribution in [2.24, 2.45) is 5.41 Å². The molecule has 2 aliphatic carbocycles. The van der Waals surface area contributed by atoms with E-state index in [2.05, 4.69) is 64.0 Å². The fourth-order valence-corrected chi connectivity index (χ4v) is 7.81. The van der Waals surface area contributed by atoms with Crippen molar-refractivity contribution < 1.29 is 0 Å². The van der Waals surface area contributed by atoms with Gasteiger partial charge in [-0.2, -0.15) is 11.1 Å². The van der Waals surface area contributed by atoms with E-state index in [1.54, 1.807) is 0 Å². The van der Waals surface area contributed by atoms with Crippen LogP contribution in [0.15, 0.2) is 24.3 Å². The maximum absolute atomic E-state index is 5.67. The van der Waals surface area contributed by atoms with E-state index in [0.717, 1.165) is 5.54 Å². The second kappa shape index (κ2) is 7.65. The Morgan fingerprint density at radius 3 is 1.81 bits per heavy atom. The van der Waals surface area contributed by atoms with E-state index in [-0.39, 0.29) is 0 Å². The van der Waals surface area contributed by atoms with Crippen LogP contribution < -0.4 is 0 Å². The maximum atomic E-state index is 5.67. The van der Waals surface area contributed by atoms with Crippen LogP contribution in [0.1, 0.15) is 39.0 Å². The molecule has 0 bridgehead atoms. The van der Waals surface area contributed by atoms with Gasteiger partial charge in [-0.25, -0.2) is 0 Å². The highest BCUT2D eigenvalue weighted by Gasteiger charge is 2.38. The Morgan fingerprint density at radius 2 is 1.38 bits per heavy atom. The van der Waals surface area contributed by atoms with Crippen molar-refractivity contribution in [3.8, 4) is 0 Å². The smallest absolute Gasteiger partial charge is 0.147 e. The molecular weight excluding hydrogens is 308 g/mol. The monoisotopic (exact) mass is 342 g/mol. The summed E-state index contributed by atoms with van der Waals surface area (Å²) in [6, 6.07) is 1.51. The van der Waals surface area contributed by atoms with Crippen LogP contribution >= 0.6 is 11.1 Å². The van der Waals surface area contributed by atoms with E-state index in [4.69, 9.17) is 11.1 Å². The summed E-state index contributed by atoms with van der Waals surface area (Å²) >= 11 is 5.67. The molecule has 0 atom stereocenters. The number of rotatable bonds is 3. The van der Waals surface area contributed by atoms with Gasteiger partial charge in [-0.15, -0.1) is 0 Å². The topological polar surface area (TPSA) is 0 Å². The zero-order valence-electron chi connectivity index (χ0n) is 15.0. The van der Waals surface area contributed by atoms with Crippen LogP contribution in [0.2, 0.25) is 44.3 Å². The quantitative estimate of drug-likeness (QED) is 0.375. The second-order valence-corrected chi connectivity index (χ2v) is 21.4. The minimum Gasteiger partial charge on any atom is -0.168 e. The summed E-state index contributed by atoms with van der Waals surface area (Å²) in [5, 5.41) is 0. The van der Waals surface area contributed by atoms with Crippen molar-refractivity contribution in [2.45, 2.75) is 83.3 Å². The van der Waals surface area contributed by atoms with Gasteiger partial charge in [0.15, 0.2) is 0 Å². The third-order valence-electron chi connectivity index (χ3n) is 4.59. The van der Waals surface area contributed by atoms with E-state index in [9.17, 15) is 0 Å². The van der Waals surface area contributed by atoms with Gasteiger partial charge in [0.2, 0.25) is 0 Å². The molecule has 1 saturated carbocycles. The molecule has 0 saturated heterocycles. The lowest BCUT2D eigenvalue weighted by Gasteiger charge is -2.41. The lowest BCUT2D eigenvalue weighted by atomic mass is 9.77. The number of halogens is 1. The summed E-state index contributed by atoms with van der Waals surface area (Å²) in [7, 11) is -2.24. The molecule has 2 rings (SSSR count). The molecule has 0 unspecified atom stereocenters. The van der Waals surface area contributed by atoms with Crippen molar-refractivity contribution in [1.82, 2.24) is 0 Å². The second-order valence-electron chi connectivity index (χ2n) is 8.90. The summed E-state index contributed by atoms with van der Waals surface area (Å²) < 4.78 is 0. The van der Waals surface area contributed by atoms with Crippen LogP contribution in [0.3, 0.4) is 0 Å². The van der Waals surface area contributed by atoms with Crippen LogP contribution in [0.25, 0.3) is 0 Å². The first kappa shape index (κ1) is 19.3. The molecule has 0 radical (unpaired) electrons. The molecule has 0 aromatic carbocycles. The minimum absolute atomic E-state index is 0.665. The fraction of sp³-hybridized carbons (Fsp3) is 0.778. The van der Waals surface area contributed by atoms with Gasteiger partial charge in [0.05, 0.1) is 8.07 Å². The first-order valence-corrected chi connectivity index (χ1v) is 16.4. The van der Waals surface area contributed by atoms with Crippen LogP contribution in [0.4, 0.5) is 0 Å². The highest BCUT2D eigenvalue weighted by molar-refractivity contribution is 7.18. The molecule has 2 aliphatic rings. The van der Waals surface area contributed by atoms with Crippen LogP contribution in [-0.4, -0.2) is 15.5 Å². The molecule has 0 N–H and O–H groups in total. The predicted octanol–water partition coefficient (Wildman–Crippen LogP) is 7.22. The molecule has 0 aliphatic heterocycles. The third-order valence-corrected chi connectivity index (χ3v) is 8.55. The summed E-state index contributed by atoms with van der Waals surface area (Å²) in [5.41, 5.74) is 1.46. The van der Waals surface area contributed by atoms with Gasteiger partial charge in [0.1, 0.15) is 7.38 Å². The van der Waals surface area contributed by atoms with Crippen LogP contribution in [0.5, 0.6) is 0 Å². The number of hydrogen-bond donors (Lipinski definition) is 0. The van der Waals surface area contributed by atoms with Crippen LogP contribution in [0, 0.1) is 5.41 Å². The Bertz CT molecular complexity index is 353. The van der Waals surface area contributed by atoms with E-state index in [1.807, 2.05) is 0 Å². The van der Waals surface area contributed by atoms with E-state index in [0.29, 0.717) is 5.41 Å². The SMILES string of the molecule is CC1(C[Si](C)(C)C2C=CC=C2)CCCCC1.C[Si](C)(C)Cl. The lowest BCUT2D eigenvalue weighted by molar-refractivity contribution is 0.241. The van der Waals surface area contributed by atoms with Gasteiger partial charge in [-0.05, 0) is 23.8 Å². The molecule has 0 aromatic rings. The Morgan fingerprint density at radius 1 is 0.952 bits per heavy atom. The standard InChI is InChI=1S/C15H26Si.C3H9ClSi/c1-15(11-7-4-8-12-15)13-16(2,3)14-9-5-6-10-14;1-5(2,3)4/h5-6,9-10,14H,4,7-8,11-13H2,1-3H3;1-3H3. The summed E-state index contributed by atoms with van der Waals surface area (Å²) in [4.78, 5) is 0. The van der Waals surface area contributed by atoms with Gasteiger partial charge in [0, 0.05) is 0 Å². The largest absolute Gasteiger partial charge is 0.168 e. The summed E-state index contributed by atoms with van der Waals surface area (Å²) in [6.07, 6.45) is 16.7. The van der Waals surface area contributed by atoms with Gasteiger partial charge in [0.25, 0.3) is 0 Å². The fourth-order valence-electron chi connectivity index (χ4n) is 3.75. The first-order valence-electron chi connectivity index (χ1n) is 8.56. The predicted molar refractivity (Wildman–Crippen MR) is 105 cm³/mol. The van der Waals surface area contributed by atoms with Crippen molar-refractivity contribution in [3.63, 3.8) is 0 Å². The van der Waals surface area contributed by atoms with Crippen molar-refractivity contribution in [1.29, 1.82) is 0 Å². The summed E-state index contributed by atoms with van der Waals surface area (Å²) in [5.74, 6) is 0. The lowest BCUT2D eigenvalue weighted by Crippen LogP contribution is -2.37. The molecule has 0 spiro atoms. The van der Waals surface area contributed by atoms with Crippen molar-refractivity contribution in [3.05, 3.63) is 24.3 Å². The molecule has 1 fully saturated rings. The van der Waals surface area contributed by atoms with Gasteiger partial charge >= 0.3 is 0 Å². The van der Waals surface area contributed by atoms with Crippen molar-refractivity contribution >= 4 is 26.5 Å². The highest BCUT2D eigenvalue weighted by atomic mass is 35.6. The number of allylic oxidation sites excluding steroid dienone is 4. The molecule has 0 aromatic heterocycles. The van der Waals surface area contributed by atoms with Gasteiger partial charge in [-0.3, -0.25) is 0 Å². The van der Waals surface area contributed by atoms with Crippen molar-refractivity contribution in [2.75, 3.05) is 0 Å². The highest BCUT2D eigenvalue weighted by Crippen LogP contribution is 2.46. The summed E-state index contributed by atoms with van der Waals surface area (Å²) in [6.45, 7) is 14.0. The molecule has 0 amide bonds. The molecule has 0 nitrogen and oxygen atoms in total. The van der Waals surface area contributed by atoms with E-state index < -0.39 is 15.5 Å². The van der Waals surface area contributed by atoms with Gasteiger partial charge in [-0.1, -0.05) is 89.3 Å². The molecule has 122 valence electrons. The Hall–Kier alpha value is 0.204. The number of hydrogen-bond acceptors (Lipinski definition) is 0. The van der Waals surface area contributed by atoms with E-state index >= 15 is 0 Å². The van der Waals surface area contributed by atoms with Gasteiger partial charge < -0.3 is 0 Å². The Balaban J connectivity index is 0.000000383. The molecule has 21 heavy (non-hydrogen) atoms. The average molecular weight is 343 g/mol. The third kappa shape index (κ3) is 7.85. The Labute approximate surface area is 139 Å². The maximum Gasteiger partial charge on any atom is 0.147 e. The molecule has 3 heteroatoms. The van der Waals surface area contributed by atoms with E-state index in [1.165, 1.54) is 38.1 Å². The zero-order valence-corrected chi connectivity index (χ0v) is 17.8. The minimum atomic E-state index is -1.14. The first-order chi connectivity index (χ1) is 9.52. The Kier molecular flexibility index (Phi) is 7.01. The normalized spacial score (nSPS) is 22.0. The average Bonchev–Trinajstić information content (AvgIpc) is 2.79. The van der Waals surface area contributed by atoms with Crippen LogP contribution in [-0.2, 0) is 0 Å². The molecular formula is C18H35ClSi2. The zero-order chi connectivity index (χ0) is 16.1.